The normalized spacial score (nSPS) is 14.3. The maximum Gasteiger partial charge on any atom is 0.434 e. The Morgan fingerprint density at radius 2 is 1.65 bits per heavy atom. The Kier molecular flexibility index (Phi) is 14.1. The van der Waals surface area contributed by atoms with Crippen LogP contribution in [0.2, 0.25) is 0 Å². The van der Waals surface area contributed by atoms with Gasteiger partial charge in [-0.2, -0.15) is 26.3 Å². The van der Waals surface area contributed by atoms with Gasteiger partial charge in [0.1, 0.15) is 5.75 Å². The minimum absolute atomic E-state index is 0.0226. The summed E-state index contributed by atoms with van der Waals surface area (Å²) in [4.78, 5) is 26.8. The molecule has 2 aromatic rings. The van der Waals surface area contributed by atoms with Gasteiger partial charge in [-0.05, 0) is 83.0 Å². The van der Waals surface area contributed by atoms with Crippen molar-refractivity contribution in [2.24, 2.45) is 0 Å². The maximum absolute atomic E-state index is 13.1. The first-order valence-corrected chi connectivity index (χ1v) is 15.3. The Labute approximate surface area is 247 Å². The Bertz CT molecular complexity index is 1360. The fraction of sp³-hybridized carbons (Fsp3) is 0.536. The van der Waals surface area contributed by atoms with Crippen molar-refractivity contribution >= 4 is 21.6 Å². The lowest BCUT2D eigenvalue weighted by Crippen LogP contribution is -2.31. The topological polar surface area (TPSA) is 112 Å². The van der Waals surface area contributed by atoms with Crippen molar-refractivity contribution in [3.63, 3.8) is 0 Å². The van der Waals surface area contributed by atoms with E-state index in [1.807, 2.05) is 13.8 Å². The molecule has 0 spiro atoms. The van der Waals surface area contributed by atoms with Crippen LogP contribution in [-0.4, -0.2) is 63.4 Å². The van der Waals surface area contributed by atoms with E-state index in [-0.39, 0.29) is 22.8 Å². The van der Waals surface area contributed by atoms with Gasteiger partial charge >= 0.3 is 18.3 Å². The Hall–Kier alpha value is -3.20. The first-order valence-electron chi connectivity index (χ1n) is 13.4. The highest BCUT2D eigenvalue weighted by Gasteiger charge is 2.39. The van der Waals surface area contributed by atoms with Crippen molar-refractivity contribution in [2.45, 2.75) is 77.2 Å². The van der Waals surface area contributed by atoms with Gasteiger partial charge in [-0.15, -0.1) is 0 Å². The predicted octanol–water partition coefficient (Wildman–Crippen LogP) is 6.00. The largest absolute Gasteiger partial charge is 0.480 e. The standard InChI is InChI=1S/C14H17F3N2O2.C12H13F3O4S.C2H6/c1-2-21-13(20)10-8-9-5-7-18-6-3-4-11(9)19-12(10)14(15,16)17;1-7(16)10-6-9(20(3,17)18)4-5-11(10)19-8(2)12(13,14)15;1-2/h8,18H,2-7H2,1H3;4-6,8H,1-3H3;1-2H3. The third-order valence-corrected chi connectivity index (χ3v) is 6.93. The van der Waals surface area contributed by atoms with Gasteiger partial charge in [0.15, 0.2) is 27.4 Å². The van der Waals surface area contributed by atoms with Crippen LogP contribution in [0, 0.1) is 0 Å². The van der Waals surface area contributed by atoms with Crippen LogP contribution in [0.3, 0.4) is 0 Å². The molecule has 0 amide bonds. The SMILES string of the molecule is CC.CC(=O)c1cc(S(C)(=O)=O)ccc1OC(C)C(F)(F)F.CCOC(=O)c1cc2c(nc1C(F)(F)F)CCCNCC2. The number of sulfone groups is 1. The number of rotatable bonds is 6. The van der Waals surface area contributed by atoms with Crippen molar-refractivity contribution in [2.75, 3.05) is 26.0 Å². The van der Waals surface area contributed by atoms with Gasteiger partial charge in [0.25, 0.3) is 0 Å². The Morgan fingerprint density at radius 1 is 1.02 bits per heavy atom. The summed E-state index contributed by atoms with van der Waals surface area (Å²) in [6.07, 6.45) is -8.69. The van der Waals surface area contributed by atoms with Crippen molar-refractivity contribution in [1.82, 2.24) is 10.3 Å². The molecule has 1 aromatic heterocycles. The molecule has 1 aromatic carbocycles. The molecule has 2 heterocycles. The van der Waals surface area contributed by atoms with E-state index in [0.29, 0.717) is 30.6 Å². The summed E-state index contributed by atoms with van der Waals surface area (Å²) in [5, 5.41) is 3.18. The molecule has 1 atom stereocenters. The van der Waals surface area contributed by atoms with Gasteiger partial charge in [-0.25, -0.2) is 18.2 Å². The average Bonchev–Trinajstić information content (AvgIpc) is 2.88. The molecule has 1 aliphatic heterocycles. The lowest BCUT2D eigenvalue weighted by molar-refractivity contribution is -0.189. The Morgan fingerprint density at radius 3 is 2.16 bits per heavy atom. The summed E-state index contributed by atoms with van der Waals surface area (Å²) < 4.78 is 109. The zero-order valence-corrected chi connectivity index (χ0v) is 25.5. The number of carbonyl (C=O) groups excluding carboxylic acids is 2. The molecule has 0 radical (unpaired) electrons. The van der Waals surface area contributed by atoms with E-state index >= 15 is 0 Å². The number of nitrogens with one attached hydrogen (secondary N) is 1. The molecule has 242 valence electrons. The number of esters is 1. The number of aromatic nitrogens is 1. The number of ether oxygens (including phenoxy) is 2. The van der Waals surface area contributed by atoms with Crippen LogP contribution in [0.15, 0.2) is 29.2 Å². The highest BCUT2D eigenvalue weighted by Crippen LogP contribution is 2.33. The van der Waals surface area contributed by atoms with Crippen LogP contribution < -0.4 is 10.1 Å². The van der Waals surface area contributed by atoms with Crippen molar-refractivity contribution in [3.05, 3.63) is 52.3 Å². The summed E-state index contributed by atoms with van der Waals surface area (Å²) >= 11 is 0. The van der Waals surface area contributed by atoms with Crippen LogP contribution in [0.5, 0.6) is 5.75 Å². The van der Waals surface area contributed by atoms with Crippen molar-refractivity contribution < 1.29 is 53.8 Å². The first-order chi connectivity index (χ1) is 19.9. The minimum Gasteiger partial charge on any atom is -0.480 e. The molecule has 1 unspecified atom stereocenters. The molecule has 1 aliphatic rings. The molecular formula is C28H36F6N2O6S. The number of aryl methyl sites for hydroxylation is 1. The molecule has 0 saturated carbocycles. The molecule has 1 N–H and O–H groups in total. The molecule has 0 bridgehead atoms. The molecule has 8 nitrogen and oxygen atoms in total. The third-order valence-electron chi connectivity index (χ3n) is 5.82. The summed E-state index contributed by atoms with van der Waals surface area (Å²) in [5.74, 6) is -1.86. The number of carbonyl (C=O) groups is 2. The fourth-order valence-electron chi connectivity index (χ4n) is 3.71. The Balaban J connectivity index is 0.000000407. The quantitative estimate of drug-likeness (QED) is 0.232. The highest BCUT2D eigenvalue weighted by molar-refractivity contribution is 7.90. The summed E-state index contributed by atoms with van der Waals surface area (Å²) in [6, 6.07) is 4.45. The van der Waals surface area contributed by atoms with Gasteiger partial charge in [0.05, 0.1) is 22.6 Å². The van der Waals surface area contributed by atoms with Crippen LogP contribution in [0.25, 0.3) is 0 Å². The number of fused-ring (bicyclic) bond motifs is 1. The lowest BCUT2D eigenvalue weighted by atomic mass is 10.00. The maximum atomic E-state index is 13.1. The van der Waals surface area contributed by atoms with Gasteiger partial charge in [0.2, 0.25) is 0 Å². The van der Waals surface area contributed by atoms with Crippen molar-refractivity contribution in [1.29, 1.82) is 0 Å². The molecule has 0 fully saturated rings. The van der Waals surface area contributed by atoms with Crippen LogP contribution in [0.4, 0.5) is 26.3 Å². The number of alkyl halides is 6. The number of hydrogen-bond acceptors (Lipinski definition) is 8. The first kappa shape index (κ1) is 37.8. The second-order valence-electron chi connectivity index (χ2n) is 9.10. The highest BCUT2D eigenvalue weighted by atomic mass is 32.2. The molecule has 3 rings (SSSR count). The van der Waals surface area contributed by atoms with Gasteiger partial charge in [-0.1, -0.05) is 13.8 Å². The number of hydrogen-bond donors (Lipinski definition) is 1. The van der Waals surface area contributed by atoms with E-state index in [1.54, 1.807) is 6.92 Å². The number of Topliss-reactive ketones (excluding diaryl/α,β-unsaturated/α-hetero) is 1. The molecule has 0 aliphatic carbocycles. The average molecular weight is 643 g/mol. The zero-order chi connectivity index (χ0) is 33.2. The predicted molar refractivity (Wildman–Crippen MR) is 147 cm³/mol. The van der Waals surface area contributed by atoms with Crippen LogP contribution in [-0.2, 0) is 33.6 Å². The molecule has 15 heteroatoms. The smallest absolute Gasteiger partial charge is 0.434 e. The number of benzene rings is 1. The van der Waals surface area contributed by atoms with Crippen LogP contribution in [0.1, 0.15) is 78.7 Å². The van der Waals surface area contributed by atoms with E-state index < -0.39 is 51.3 Å². The van der Waals surface area contributed by atoms with E-state index in [2.05, 4.69) is 10.3 Å². The van der Waals surface area contributed by atoms with Crippen molar-refractivity contribution in [3.8, 4) is 5.75 Å². The molecule has 0 saturated heterocycles. The minimum atomic E-state index is -4.67. The number of nitrogens with zero attached hydrogens (tertiary/aromatic N) is 1. The fourth-order valence-corrected chi connectivity index (χ4v) is 4.36. The van der Waals surface area contributed by atoms with E-state index in [1.165, 1.54) is 6.07 Å². The van der Waals surface area contributed by atoms with Gasteiger partial charge in [-0.3, -0.25) is 4.79 Å². The summed E-state index contributed by atoms with van der Waals surface area (Å²) in [5.41, 5.74) is -0.740. The third kappa shape index (κ3) is 11.4. The lowest BCUT2D eigenvalue weighted by Gasteiger charge is -2.19. The molecular weight excluding hydrogens is 606 g/mol. The van der Waals surface area contributed by atoms with Gasteiger partial charge < -0.3 is 14.8 Å². The van der Waals surface area contributed by atoms with E-state index in [4.69, 9.17) is 9.47 Å². The van der Waals surface area contributed by atoms with Gasteiger partial charge in [0, 0.05) is 11.9 Å². The number of ketones is 1. The second-order valence-corrected chi connectivity index (χ2v) is 11.1. The second kappa shape index (κ2) is 16.0. The number of halogens is 6. The summed E-state index contributed by atoms with van der Waals surface area (Å²) in [7, 11) is -3.56. The zero-order valence-electron chi connectivity index (χ0n) is 24.7. The molecule has 43 heavy (non-hydrogen) atoms. The number of pyridine rings is 1. The van der Waals surface area contributed by atoms with E-state index in [9.17, 15) is 44.3 Å². The van der Waals surface area contributed by atoms with Crippen LogP contribution >= 0.6 is 0 Å². The van der Waals surface area contributed by atoms with E-state index in [0.717, 1.165) is 51.3 Å². The summed E-state index contributed by atoms with van der Waals surface area (Å²) in [6.45, 7) is 8.90. The monoisotopic (exact) mass is 642 g/mol.